The molecule has 7 nitrogen and oxygen atoms in total. The molecule has 1 N–H and O–H groups in total. The molecular formula is C19H17ClN2O5. The highest BCUT2D eigenvalue weighted by Crippen LogP contribution is 2.28. The molecule has 0 aliphatic heterocycles. The van der Waals surface area contributed by atoms with Gasteiger partial charge in [0.05, 0.1) is 24.2 Å². The zero-order valence-corrected chi connectivity index (χ0v) is 15.3. The number of esters is 1. The van der Waals surface area contributed by atoms with E-state index in [4.69, 9.17) is 21.1 Å². The minimum Gasteiger partial charge on any atom is -0.490 e. The Bertz CT molecular complexity index is 999. The zero-order chi connectivity index (χ0) is 19.4. The maximum Gasteiger partial charge on any atom is 0.338 e. The molecule has 1 heterocycles. The molecule has 0 aliphatic rings. The molecule has 2 aromatic carbocycles. The number of hydrogen-bond acceptors (Lipinski definition) is 5. The zero-order valence-electron chi connectivity index (χ0n) is 14.5. The fourth-order valence-electron chi connectivity index (χ4n) is 2.83. The lowest BCUT2D eigenvalue weighted by atomic mass is 10.1. The van der Waals surface area contributed by atoms with Gasteiger partial charge in [0.15, 0.2) is 5.75 Å². The van der Waals surface area contributed by atoms with Gasteiger partial charge in [-0.2, -0.15) is 0 Å². The summed E-state index contributed by atoms with van der Waals surface area (Å²) in [4.78, 5) is 25.7. The van der Waals surface area contributed by atoms with Gasteiger partial charge in [0.25, 0.3) is 0 Å². The molecule has 0 saturated heterocycles. The summed E-state index contributed by atoms with van der Waals surface area (Å²) in [5.74, 6) is -0.516. The number of benzene rings is 2. The number of nitro groups is 1. The van der Waals surface area contributed by atoms with E-state index in [1.54, 1.807) is 0 Å². The number of nitro benzene ring substituents is 1. The van der Waals surface area contributed by atoms with Gasteiger partial charge in [-0.05, 0) is 48.7 Å². The third-order valence-corrected chi connectivity index (χ3v) is 4.40. The van der Waals surface area contributed by atoms with Gasteiger partial charge in [0.2, 0.25) is 0 Å². The van der Waals surface area contributed by atoms with Crippen LogP contribution in [0.15, 0.2) is 42.6 Å². The normalized spacial score (nSPS) is 10.7. The fourth-order valence-corrected chi connectivity index (χ4v) is 3.00. The van der Waals surface area contributed by atoms with Crippen molar-refractivity contribution in [2.24, 2.45) is 0 Å². The summed E-state index contributed by atoms with van der Waals surface area (Å²) in [6, 6.07) is 9.60. The van der Waals surface area contributed by atoms with Crippen molar-refractivity contribution in [2.75, 3.05) is 13.7 Å². The van der Waals surface area contributed by atoms with Crippen LogP contribution in [0, 0.1) is 10.1 Å². The highest BCUT2D eigenvalue weighted by molar-refractivity contribution is 6.31. The number of halogens is 1. The predicted molar refractivity (Wildman–Crippen MR) is 102 cm³/mol. The largest absolute Gasteiger partial charge is 0.490 e. The summed E-state index contributed by atoms with van der Waals surface area (Å²) in [5, 5.41) is 12.7. The van der Waals surface area contributed by atoms with Crippen molar-refractivity contribution in [3.63, 3.8) is 0 Å². The van der Waals surface area contributed by atoms with Gasteiger partial charge in [-0.1, -0.05) is 11.6 Å². The van der Waals surface area contributed by atoms with E-state index in [0.29, 0.717) is 17.9 Å². The number of ether oxygens (including phenoxy) is 2. The lowest BCUT2D eigenvalue weighted by molar-refractivity contribution is -0.385. The lowest BCUT2D eigenvalue weighted by Gasteiger charge is -2.06. The highest BCUT2D eigenvalue weighted by Gasteiger charge is 2.18. The number of aromatic nitrogens is 1. The molecule has 0 bridgehead atoms. The minimum atomic E-state index is -0.609. The summed E-state index contributed by atoms with van der Waals surface area (Å²) in [7, 11) is 1.33. The number of methoxy groups -OCH3 is 1. The average molecular weight is 389 g/mol. The smallest absolute Gasteiger partial charge is 0.338 e. The Morgan fingerprint density at radius 1 is 1.26 bits per heavy atom. The van der Waals surface area contributed by atoms with Crippen LogP contribution in [0.2, 0.25) is 5.02 Å². The number of fused-ring (bicyclic) bond motifs is 1. The minimum absolute atomic E-state index is 0.0922. The Labute approximate surface area is 160 Å². The summed E-state index contributed by atoms with van der Waals surface area (Å²) in [6.07, 6.45) is 3.23. The van der Waals surface area contributed by atoms with E-state index in [1.165, 1.54) is 19.2 Å². The monoisotopic (exact) mass is 388 g/mol. The second kappa shape index (κ2) is 8.09. The third kappa shape index (κ3) is 4.20. The van der Waals surface area contributed by atoms with E-state index < -0.39 is 10.9 Å². The molecule has 0 saturated carbocycles. The topological polar surface area (TPSA) is 94.5 Å². The highest BCUT2D eigenvalue weighted by atomic mass is 35.5. The first-order valence-electron chi connectivity index (χ1n) is 8.24. The number of aryl methyl sites for hydroxylation is 1. The number of aromatic amines is 1. The van der Waals surface area contributed by atoms with Gasteiger partial charge in [0, 0.05) is 28.2 Å². The average Bonchev–Trinajstić information content (AvgIpc) is 3.06. The third-order valence-electron chi connectivity index (χ3n) is 4.16. The number of rotatable bonds is 7. The van der Waals surface area contributed by atoms with Gasteiger partial charge in [-0.15, -0.1) is 0 Å². The summed E-state index contributed by atoms with van der Waals surface area (Å²) < 4.78 is 10.2. The molecule has 0 radical (unpaired) electrons. The maximum absolute atomic E-state index is 12.1. The maximum atomic E-state index is 12.1. The first kappa shape index (κ1) is 18.7. The second-order valence-electron chi connectivity index (χ2n) is 5.89. The van der Waals surface area contributed by atoms with Crippen LogP contribution in [0.25, 0.3) is 10.9 Å². The standard InChI is InChI=1S/C19H17ClN2O5/c1-26-18-7-4-12(9-17(18)22(24)25)19(23)27-8-2-3-13-11-21-16-6-5-14(20)10-15(13)16/h4-7,9-11,21H,2-3,8H2,1H3. The van der Waals surface area contributed by atoms with Crippen LogP contribution in [0.4, 0.5) is 5.69 Å². The number of H-pyrrole nitrogens is 1. The van der Waals surface area contributed by atoms with Crippen molar-refractivity contribution in [2.45, 2.75) is 12.8 Å². The molecule has 0 aliphatic carbocycles. The van der Waals surface area contributed by atoms with Crippen molar-refractivity contribution in [1.29, 1.82) is 0 Å². The predicted octanol–water partition coefficient (Wildman–Crippen LogP) is 4.53. The van der Waals surface area contributed by atoms with Crippen LogP contribution in [-0.2, 0) is 11.2 Å². The molecule has 0 fully saturated rings. The molecule has 3 rings (SSSR count). The Hall–Kier alpha value is -3.06. The summed E-state index contributed by atoms with van der Waals surface area (Å²) in [5.41, 5.74) is 1.92. The molecule has 0 spiro atoms. The van der Waals surface area contributed by atoms with Crippen LogP contribution in [0.5, 0.6) is 5.75 Å². The van der Waals surface area contributed by atoms with Gasteiger partial charge < -0.3 is 14.5 Å². The van der Waals surface area contributed by atoms with Crippen LogP contribution >= 0.6 is 11.6 Å². The number of nitrogens with zero attached hydrogens (tertiary/aromatic N) is 1. The van der Waals surface area contributed by atoms with Crippen LogP contribution in [0.1, 0.15) is 22.3 Å². The number of nitrogens with one attached hydrogen (secondary N) is 1. The lowest BCUT2D eigenvalue weighted by Crippen LogP contribution is -2.08. The Kier molecular flexibility index (Phi) is 5.61. The second-order valence-corrected chi connectivity index (χ2v) is 6.32. The van der Waals surface area contributed by atoms with Crippen LogP contribution < -0.4 is 4.74 Å². The van der Waals surface area contributed by atoms with Gasteiger partial charge in [0.1, 0.15) is 0 Å². The molecule has 140 valence electrons. The SMILES string of the molecule is COc1ccc(C(=O)OCCCc2c[nH]c3ccc(Cl)cc23)cc1[N+](=O)[O-]. The number of carbonyl (C=O) groups is 1. The first-order valence-corrected chi connectivity index (χ1v) is 8.62. The van der Waals surface area contributed by atoms with Gasteiger partial charge in [-0.25, -0.2) is 4.79 Å². The number of hydrogen-bond donors (Lipinski definition) is 1. The van der Waals surface area contributed by atoms with E-state index in [0.717, 1.165) is 22.5 Å². The Morgan fingerprint density at radius 2 is 2.07 bits per heavy atom. The van der Waals surface area contributed by atoms with E-state index in [-0.39, 0.29) is 23.6 Å². The molecule has 0 atom stereocenters. The van der Waals surface area contributed by atoms with Crippen LogP contribution in [-0.4, -0.2) is 29.6 Å². The fraction of sp³-hybridized carbons (Fsp3) is 0.211. The van der Waals surface area contributed by atoms with Crippen molar-refractivity contribution in [3.05, 3.63) is 68.9 Å². The molecule has 0 amide bonds. The molecule has 1 aromatic heterocycles. The number of carbonyl (C=O) groups excluding carboxylic acids is 1. The summed E-state index contributed by atoms with van der Waals surface area (Å²) >= 11 is 6.03. The first-order chi connectivity index (χ1) is 13.0. The van der Waals surface area contributed by atoms with E-state index in [9.17, 15) is 14.9 Å². The van der Waals surface area contributed by atoms with Crippen molar-refractivity contribution in [3.8, 4) is 5.75 Å². The van der Waals surface area contributed by atoms with Crippen molar-refractivity contribution >= 4 is 34.2 Å². The van der Waals surface area contributed by atoms with E-state index in [1.807, 2.05) is 24.4 Å². The van der Waals surface area contributed by atoms with Gasteiger partial charge in [-0.3, -0.25) is 10.1 Å². The van der Waals surface area contributed by atoms with Crippen molar-refractivity contribution in [1.82, 2.24) is 4.98 Å². The van der Waals surface area contributed by atoms with E-state index in [2.05, 4.69) is 4.98 Å². The molecule has 3 aromatic rings. The van der Waals surface area contributed by atoms with Gasteiger partial charge >= 0.3 is 11.7 Å². The molecular weight excluding hydrogens is 372 g/mol. The van der Waals surface area contributed by atoms with E-state index >= 15 is 0 Å². The molecule has 8 heteroatoms. The van der Waals surface area contributed by atoms with Crippen LogP contribution in [0.3, 0.4) is 0 Å². The van der Waals surface area contributed by atoms with Crippen molar-refractivity contribution < 1.29 is 19.2 Å². The summed E-state index contributed by atoms with van der Waals surface area (Å²) in [6.45, 7) is 0.200. The molecule has 0 unspecified atom stereocenters. The Morgan fingerprint density at radius 3 is 2.81 bits per heavy atom. The quantitative estimate of drug-likeness (QED) is 0.278. The Balaban J connectivity index is 1.59. The molecule has 27 heavy (non-hydrogen) atoms.